The van der Waals surface area contributed by atoms with Crippen LogP contribution in [0.3, 0.4) is 0 Å². The van der Waals surface area contributed by atoms with E-state index >= 15 is 0 Å². The van der Waals surface area contributed by atoms with Crippen LogP contribution in [0.15, 0.2) is 41.8 Å². The lowest BCUT2D eigenvalue weighted by atomic mass is 10.1. The van der Waals surface area contributed by atoms with Crippen LogP contribution in [0.2, 0.25) is 0 Å². The molecule has 0 bridgehead atoms. The first-order valence-electron chi connectivity index (χ1n) is 7.11. The third kappa shape index (κ3) is 4.99. The van der Waals surface area contributed by atoms with Crippen LogP contribution in [-0.2, 0) is 11.3 Å². The van der Waals surface area contributed by atoms with E-state index in [-0.39, 0.29) is 11.9 Å². The van der Waals surface area contributed by atoms with Gasteiger partial charge in [-0.3, -0.25) is 9.69 Å². The number of benzene rings is 1. The molecule has 3 nitrogen and oxygen atoms in total. The fourth-order valence-electron chi connectivity index (χ4n) is 2.20. The molecule has 1 unspecified atom stereocenters. The molecule has 2 rings (SSSR count). The summed E-state index contributed by atoms with van der Waals surface area (Å²) in [6, 6.07) is 12.5. The maximum Gasteiger partial charge on any atom is 0.234 e. The first-order valence-corrected chi connectivity index (χ1v) is 7.99. The lowest BCUT2D eigenvalue weighted by molar-refractivity contribution is -0.122. The second kappa shape index (κ2) is 7.38. The minimum atomic E-state index is 0.0607. The molecule has 0 aliphatic rings. The lowest BCUT2D eigenvalue weighted by Gasteiger charge is -2.18. The van der Waals surface area contributed by atoms with E-state index in [9.17, 15) is 4.79 Å². The summed E-state index contributed by atoms with van der Waals surface area (Å²) in [7, 11) is 1.97. The number of rotatable bonds is 6. The summed E-state index contributed by atoms with van der Waals surface area (Å²) >= 11 is 1.67. The van der Waals surface area contributed by atoms with E-state index in [2.05, 4.69) is 36.5 Å². The molecule has 0 spiro atoms. The van der Waals surface area contributed by atoms with Crippen molar-refractivity contribution in [3.8, 4) is 0 Å². The Kier molecular flexibility index (Phi) is 5.53. The van der Waals surface area contributed by atoms with Crippen molar-refractivity contribution in [3.63, 3.8) is 0 Å². The Morgan fingerprint density at radius 1 is 1.29 bits per heavy atom. The van der Waals surface area contributed by atoms with Gasteiger partial charge in [0.1, 0.15) is 0 Å². The van der Waals surface area contributed by atoms with Gasteiger partial charge in [0.05, 0.1) is 12.6 Å². The number of hydrogen-bond acceptors (Lipinski definition) is 3. The predicted octanol–water partition coefficient (Wildman–Crippen LogP) is 3.37. The third-order valence-corrected chi connectivity index (χ3v) is 4.39. The maximum absolute atomic E-state index is 12.1. The maximum atomic E-state index is 12.1. The predicted molar refractivity (Wildman–Crippen MR) is 88.4 cm³/mol. The van der Waals surface area contributed by atoms with Crippen LogP contribution in [0.5, 0.6) is 0 Å². The quantitative estimate of drug-likeness (QED) is 0.887. The second-order valence-electron chi connectivity index (χ2n) is 5.46. The van der Waals surface area contributed by atoms with Crippen LogP contribution < -0.4 is 5.32 Å². The Balaban J connectivity index is 1.80. The molecule has 0 saturated carbocycles. The van der Waals surface area contributed by atoms with Crippen molar-refractivity contribution >= 4 is 17.2 Å². The number of thiophene rings is 1. The van der Waals surface area contributed by atoms with E-state index in [1.54, 1.807) is 11.3 Å². The number of amides is 1. The van der Waals surface area contributed by atoms with Crippen molar-refractivity contribution in [1.29, 1.82) is 0 Å². The van der Waals surface area contributed by atoms with Gasteiger partial charge in [0.2, 0.25) is 5.91 Å². The van der Waals surface area contributed by atoms with Gasteiger partial charge in [-0.25, -0.2) is 0 Å². The topological polar surface area (TPSA) is 32.3 Å². The van der Waals surface area contributed by atoms with Crippen LogP contribution in [0.25, 0.3) is 0 Å². The average molecular weight is 302 g/mol. The molecule has 0 radical (unpaired) electrons. The molecular formula is C17H22N2OS. The summed E-state index contributed by atoms with van der Waals surface area (Å²) in [5.74, 6) is 0.0607. The molecule has 0 saturated heterocycles. The summed E-state index contributed by atoms with van der Waals surface area (Å²) in [5.41, 5.74) is 2.48. The van der Waals surface area contributed by atoms with Gasteiger partial charge in [0, 0.05) is 11.4 Å². The first-order chi connectivity index (χ1) is 10.0. The number of nitrogens with zero attached hydrogens (tertiary/aromatic N) is 1. The van der Waals surface area contributed by atoms with E-state index in [0.29, 0.717) is 6.54 Å². The highest BCUT2D eigenvalue weighted by molar-refractivity contribution is 7.10. The van der Waals surface area contributed by atoms with Crippen molar-refractivity contribution < 1.29 is 4.79 Å². The number of carbonyl (C=O) groups excluding carboxylic acids is 1. The van der Waals surface area contributed by atoms with Gasteiger partial charge in [0.25, 0.3) is 0 Å². The standard InChI is InChI=1S/C17H22N2OS/c1-13-6-8-15(9-7-13)11-19(3)12-17(20)18-14(2)16-5-4-10-21-16/h4-10,14H,11-12H2,1-3H3,(H,18,20). The zero-order valence-electron chi connectivity index (χ0n) is 12.8. The normalized spacial score (nSPS) is 12.4. The molecule has 1 N–H and O–H groups in total. The van der Waals surface area contributed by atoms with Crippen LogP contribution in [0.4, 0.5) is 0 Å². The molecule has 0 aliphatic carbocycles. The van der Waals surface area contributed by atoms with Gasteiger partial charge in [-0.2, -0.15) is 0 Å². The lowest BCUT2D eigenvalue weighted by Crippen LogP contribution is -2.36. The monoisotopic (exact) mass is 302 g/mol. The number of nitrogens with one attached hydrogen (secondary N) is 1. The zero-order valence-corrected chi connectivity index (χ0v) is 13.6. The van der Waals surface area contributed by atoms with Crippen molar-refractivity contribution in [1.82, 2.24) is 10.2 Å². The van der Waals surface area contributed by atoms with E-state index in [1.165, 1.54) is 16.0 Å². The number of likely N-dealkylation sites (N-methyl/N-ethyl adjacent to an activating group) is 1. The van der Waals surface area contributed by atoms with Gasteiger partial charge in [-0.05, 0) is 37.9 Å². The largest absolute Gasteiger partial charge is 0.348 e. The van der Waals surface area contributed by atoms with Gasteiger partial charge < -0.3 is 5.32 Å². The number of hydrogen-bond donors (Lipinski definition) is 1. The summed E-state index contributed by atoms with van der Waals surface area (Å²) in [6.45, 7) is 5.28. The highest BCUT2D eigenvalue weighted by atomic mass is 32.1. The highest BCUT2D eigenvalue weighted by Crippen LogP contribution is 2.17. The first kappa shape index (κ1) is 15.7. The third-order valence-electron chi connectivity index (χ3n) is 3.33. The Labute approximate surface area is 130 Å². The molecule has 112 valence electrons. The van der Waals surface area contributed by atoms with Crippen molar-refractivity contribution in [2.45, 2.75) is 26.4 Å². The van der Waals surface area contributed by atoms with Crippen LogP contribution in [-0.4, -0.2) is 24.4 Å². The summed E-state index contributed by atoms with van der Waals surface area (Å²) in [4.78, 5) is 15.3. The van der Waals surface area contributed by atoms with Gasteiger partial charge in [-0.1, -0.05) is 35.9 Å². The van der Waals surface area contributed by atoms with Gasteiger partial charge in [-0.15, -0.1) is 11.3 Å². The Morgan fingerprint density at radius 2 is 2.00 bits per heavy atom. The van der Waals surface area contributed by atoms with E-state index in [4.69, 9.17) is 0 Å². The summed E-state index contributed by atoms with van der Waals surface area (Å²) in [6.07, 6.45) is 0. The summed E-state index contributed by atoms with van der Waals surface area (Å²) in [5, 5.41) is 5.07. The van der Waals surface area contributed by atoms with Crippen LogP contribution >= 0.6 is 11.3 Å². The van der Waals surface area contributed by atoms with Gasteiger partial charge >= 0.3 is 0 Å². The number of aryl methyl sites for hydroxylation is 1. The van der Waals surface area contributed by atoms with E-state index < -0.39 is 0 Å². The molecule has 1 aromatic carbocycles. The molecule has 1 heterocycles. The minimum Gasteiger partial charge on any atom is -0.348 e. The fraction of sp³-hybridized carbons (Fsp3) is 0.353. The molecule has 21 heavy (non-hydrogen) atoms. The van der Waals surface area contributed by atoms with Crippen molar-refractivity contribution in [3.05, 3.63) is 57.8 Å². The Morgan fingerprint density at radius 3 is 2.62 bits per heavy atom. The zero-order chi connectivity index (χ0) is 15.2. The average Bonchev–Trinajstić information content (AvgIpc) is 2.95. The molecule has 0 fully saturated rings. The molecule has 2 aromatic rings. The van der Waals surface area contributed by atoms with E-state index in [1.807, 2.05) is 36.4 Å². The fourth-order valence-corrected chi connectivity index (χ4v) is 2.94. The summed E-state index contributed by atoms with van der Waals surface area (Å²) < 4.78 is 0. The Bertz CT molecular complexity index is 563. The second-order valence-corrected chi connectivity index (χ2v) is 6.44. The van der Waals surface area contributed by atoms with Crippen LogP contribution in [0.1, 0.15) is 29.0 Å². The van der Waals surface area contributed by atoms with E-state index in [0.717, 1.165) is 6.54 Å². The molecule has 0 aliphatic heterocycles. The molecule has 1 amide bonds. The molecule has 4 heteroatoms. The highest BCUT2D eigenvalue weighted by Gasteiger charge is 2.12. The number of carbonyl (C=O) groups is 1. The smallest absolute Gasteiger partial charge is 0.234 e. The minimum absolute atomic E-state index is 0.0607. The van der Waals surface area contributed by atoms with Crippen molar-refractivity contribution in [2.75, 3.05) is 13.6 Å². The molecule has 1 atom stereocenters. The van der Waals surface area contributed by atoms with Gasteiger partial charge in [0.15, 0.2) is 0 Å². The van der Waals surface area contributed by atoms with Crippen molar-refractivity contribution in [2.24, 2.45) is 0 Å². The van der Waals surface area contributed by atoms with Crippen LogP contribution in [0, 0.1) is 6.92 Å². The SMILES string of the molecule is Cc1ccc(CN(C)CC(=O)NC(C)c2cccs2)cc1. The Hall–Kier alpha value is -1.65. The molecule has 1 aromatic heterocycles. The molecular weight excluding hydrogens is 280 g/mol.